The van der Waals surface area contributed by atoms with Crippen LogP contribution in [0, 0.1) is 0 Å². The molecule has 7 N–H and O–H groups in total. The summed E-state index contributed by atoms with van der Waals surface area (Å²) in [5.41, 5.74) is 0.618. The monoisotopic (exact) mass is 545 g/mol. The number of aliphatic hydroxyl groups excluding tert-OH is 1. The average molecular weight is 545 g/mol. The predicted octanol–water partition coefficient (Wildman–Crippen LogP) is 0.123. The van der Waals surface area contributed by atoms with Gasteiger partial charge >= 0.3 is 194 Å². The van der Waals surface area contributed by atoms with Gasteiger partial charge in [0.05, 0.1) is 0 Å². The number of rotatable bonds is 7. The van der Waals surface area contributed by atoms with E-state index in [2.05, 4.69) is 10.0 Å². The van der Waals surface area contributed by atoms with Crippen molar-refractivity contribution in [3.63, 3.8) is 0 Å². The molecule has 12 nitrogen and oxygen atoms in total. The van der Waals surface area contributed by atoms with Crippen molar-refractivity contribution < 1.29 is 40.5 Å². The Hall–Kier alpha value is -2.35. The Labute approximate surface area is 193 Å². The second-order valence-electron chi connectivity index (χ2n) is 7.27. The second kappa shape index (κ2) is 9.87. The number of carbonyl (C=O) groups is 2. The van der Waals surface area contributed by atoms with Crippen LogP contribution in [0.2, 0.25) is 0 Å². The van der Waals surface area contributed by atoms with E-state index in [1.54, 1.807) is 12.1 Å². The molecule has 180 valence electrons. The number of hydrogen-bond acceptors (Lipinski definition) is 10. The van der Waals surface area contributed by atoms with E-state index in [-0.39, 0.29) is 34.4 Å². The molecule has 0 bridgehead atoms. The van der Waals surface area contributed by atoms with Crippen LogP contribution in [-0.2, 0) is 18.7 Å². The van der Waals surface area contributed by atoms with Crippen molar-refractivity contribution in [3.05, 3.63) is 53.6 Å². The molecule has 1 aliphatic heterocycles. The van der Waals surface area contributed by atoms with Crippen LogP contribution in [0.1, 0.15) is 22.8 Å². The molecule has 1 amide bonds. The Kier molecular flexibility index (Phi) is 7.56. The maximum absolute atomic E-state index is 12.8. The van der Waals surface area contributed by atoms with Gasteiger partial charge in [-0.3, -0.25) is 0 Å². The molecule has 14 heteroatoms. The molecule has 2 aromatic carbocycles. The van der Waals surface area contributed by atoms with Gasteiger partial charge in [0, 0.05) is 0 Å². The first kappa shape index (κ1) is 25.3. The molecule has 0 aliphatic carbocycles. The van der Waals surface area contributed by atoms with E-state index in [4.69, 9.17) is 3.73 Å². The van der Waals surface area contributed by atoms with E-state index >= 15 is 0 Å². The van der Waals surface area contributed by atoms with E-state index in [1.807, 2.05) is 0 Å². The van der Waals surface area contributed by atoms with Gasteiger partial charge in [-0.1, -0.05) is 0 Å². The first-order valence-electron chi connectivity index (χ1n) is 9.63. The Bertz CT molecular complexity index is 1100. The van der Waals surface area contributed by atoms with E-state index < -0.39 is 43.2 Å². The van der Waals surface area contributed by atoms with Crippen molar-refractivity contribution in [2.24, 2.45) is 0 Å². The summed E-state index contributed by atoms with van der Waals surface area (Å²) < 4.78 is 51.1. The van der Waals surface area contributed by atoms with Crippen LogP contribution in [0.25, 0.3) is 0 Å². The van der Waals surface area contributed by atoms with Gasteiger partial charge in [0.25, 0.3) is 0 Å². The van der Waals surface area contributed by atoms with Crippen LogP contribution >= 0.6 is 11.0 Å². The molecule has 33 heavy (non-hydrogen) atoms. The maximum atomic E-state index is 12.8. The van der Waals surface area contributed by atoms with Gasteiger partial charge in [-0.25, -0.2) is 0 Å². The Balaban J connectivity index is 1.67. The van der Waals surface area contributed by atoms with Gasteiger partial charge < -0.3 is 0 Å². The number of phenolic OH excluding ortho intramolecular Hbond substituents is 1. The molecule has 1 saturated heterocycles. The van der Waals surface area contributed by atoms with Gasteiger partial charge in [0.15, 0.2) is 0 Å². The van der Waals surface area contributed by atoms with Crippen LogP contribution in [-0.4, -0.2) is 73.1 Å². The van der Waals surface area contributed by atoms with Crippen molar-refractivity contribution in [2.45, 2.75) is 19.6 Å². The minimum absolute atomic E-state index is 0.0110. The molecule has 0 spiro atoms. The van der Waals surface area contributed by atoms with E-state index in [9.17, 15) is 36.7 Å². The van der Waals surface area contributed by atoms with E-state index in [1.165, 1.54) is 23.4 Å². The summed E-state index contributed by atoms with van der Waals surface area (Å²) >= 11 is -5.45. The third kappa shape index (κ3) is 6.37. The van der Waals surface area contributed by atoms with Gasteiger partial charge in [-0.15, -0.1) is 0 Å². The number of hydrogen-bond donors (Lipinski definition) is 7. The zero-order chi connectivity index (χ0) is 24.4. The number of aliphatic hydroxyl groups is 1. The minimum atomic E-state index is -5.45. The third-order valence-corrected chi connectivity index (χ3v) is 9.27. The number of carbonyl (C=O) groups excluding carboxylic acids is 2. The van der Waals surface area contributed by atoms with Crippen LogP contribution in [0.5, 0.6) is 5.75 Å². The van der Waals surface area contributed by atoms with Crippen LogP contribution in [0.15, 0.2) is 42.5 Å². The number of benzene rings is 2. The Morgan fingerprint density at radius 1 is 1.24 bits per heavy atom. The molecule has 0 saturated carbocycles. The standard InChI is InChI=1S/C19H24AsN3O9S/c1-12(24)21-17-10-15(25)6-7-16(17)20(28,29)32-19(27)14-4-2-13(3-5-14)8-9-23-11-18(26)22-33(23,30)31/h2-7,10,18,22,25-26,30-31H,8-9,11H2,1H3,(H,21,24)(H,28,29). The van der Waals surface area contributed by atoms with Crippen molar-refractivity contribution >= 4 is 47.0 Å². The zero-order valence-corrected chi connectivity index (χ0v) is 20.1. The summed E-state index contributed by atoms with van der Waals surface area (Å²) in [7, 11) is -3.23. The topological polar surface area (TPSA) is 189 Å². The Morgan fingerprint density at radius 2 is 1.91 bits per heavy atom. The average Bonchev–Trinajstić information content (AvgIpc) is 2.96. The van der Waals surface area contributed by atoms with E-state index in [0.29, 0.717) is 6.42 Å². The number of aromatic hydroxyl groups is 1. The van der Waals surface area contributed by atoms with Crippen molar-refractivity contribution in [2.75, 3.05) is 18.4 Å². The Morgan fingerprint density at radius 3 is 2.48 bits per heavy atom. The summed E-state index contributed by atoms with van der Waals surface area (Å²) in [5, 5.41) is 21.4. The molecule has 2 aromatic rings. The molecule has 1 aliphatic rings. The summed E-state index contributed by atoms with van der Waals surface area (Å²) in [6.45, 7) is 1.47. The fraction of sp³-hybridized carbons (Fsp3) is 0.263. The number of nitrogens with one attached hydrogen (secondary N) is 2. The molecular formula is C19H24AsN3O9S. The quantitative estimate of drug-likeness (QED) is 0.234. The first-order chi connectivity index (χ1) is 15.4. The van der Waals surface area contributed by atoms with Crippen molar-refractivity contribution in [1.82, 2.24) is 9.03 Å². The molecule has 3 rings (SSSR count). The summed E-state index contributed by atoms with van der Waals surface area (Å²) in [5.74, 6) is -1.84. The number of phenols is 1. The molecular weight excluding hydrogens is 521 g/mol. The van der Waals surface area contributed by atoms with Crippen LogP contribution in [0.4, 0.5) is 5.69 Å². The third-order valence-electron chi connectivity index (χ3n) is 4.67. The zero-order valence-electron chi connectivity index (χ0n) is 17.4. The number of β-amino-alcohol motifs (C(OH)–C–C–N with tert-alkyl or cyclic N) is 1. The number of amides is 1. The predicted molar refractivity (Wildman–Crippen MR) is 120 cm³/mol. The van der Waals surface area contributed by atoms with Crippen LogP contribution < -0.4 is 14.4 Å². The molecule has 2 atom stereocenters. The van der Waals surface area contributed by atoms with Gasteiger partial charge in [0.1, 0.15) is 0 Å². The van der Waals surface area contributed by atoms with Gasteiger partial charge in [-0.05, 0) is 0 Å². The number of nitrogens with zero attached hydrogens (tertiary/aromatic N) is 1. The summed E-state index contributed by atoms with van der Waals surface area (Å²) in [4.78, 5) is 23.8. The number of anilines is 1. The van der Waals surface area contributed by atoms with Crippen molar-refractivity contribution in [1.29, 1.82) is 0 Å². The van der Waals surface area contributed by atoms with E-state index in [0.717, 1.165) is 23.8 Å². The molecule has 2 unspecified atom stereocenters. The fourth-order valence-electron chi connectivity index (χ4n) is 3.15. The molecule has 0 aromatic heterocycles. The normalized spacial score (nSPS) is 20.6. The van der Waals surface area contributed by atoms with Crippen molar-refractivity contribution in [3.8, 4) is 5.75 Å². The second-order valence-corrected chi connectivity index (χ2v) is 12.6. The SMILES string of the molecule is CC(=O)Nc1cc(O)ccc1[As](=O)(O)OC(=O)c1ccc(CCN2CC(O)NS2(O)O)cc1. The van der Waals surface area contributed by atoms with Gasteiger partial charge in [-0.2, -0.15) is 0 Å². The fourth-order valence-corrected chi connectivity index (χ4v) is 6.77. The van der Waals surface area contributed by atoms with Crippen LogP contribution in [0.3, 0.4) is 0 Å². The van der Waals surface area contributed by atoms with Gasteiger partial charge in [0.2, 0.25) is 0 Å². The molecule has 1 heterocycles. The first-order valence-corrected chi connectivity index (χ1v) is 14.4. The summed E-state index contributed by atoms with van der Waals surface area (Å²) in [6.07, 6.45) is -0.655. The summed E-state index contributed by atoms with van der Waals surface area (Å²) in [6, 6.07) is 9.28. The molecule has 0 radical (unpaired) electrons. The molecule has 1 fully saturated rings.